The first-order valence-electron chi connectivity index (χ1n) is 5.79. The maximum atomic E-state index is 5.45. The second-order valence-electron chi connectivity index (χ2n) is 3.96. The van der Waals surface area contributed by atoms with Gasteiger partial charge in [0, 0.05) is 17.7 Å². The minimum Gasteiger partial charge on any atom is -0.496 e. The van der Waals surface area contributed by atoms with Crippen LogP contribution in [-0.4, -0.2) is 21.3 Å². The number of rotatable bonds is 5. The van der Waals surface area contributed by atoms with Crippen LogP contribution in [0.2, 0.25) is 0 Å². The molecule has 0 bridgehead atoms. The Morgan fingerprint density at radius 2 is 1.65 bits per heavy atom. The van der Waals surface area contributed by atoms with Gasteiger partial charge in [0.2, 0.25) is 0 Å². The third kappa shape index (κ3) is 2.81. The summed E-state index contributed by atoms with van der Waals surface area (Å²) < 4.78 is 22.1. The first-order valence-corrected chi connectivity index (χ1v) is 7.50. The summed E-state index contributed by atoms with van der Waals surface area (Å²) in [5, 5.41) is 0. The average molecular weight is 406 g/mol. The first kappa shape index (κ1) is 15.3. The summed E-state index contributed by atoms with van der Waals surface area (Å²) in [7, 11) is 4.83. The summed E-state index contributed by atoms with van der Waals surface area (Å²) >= 11 is 7.05. The summed E-state index contributed by atoms with van der Waals surface area (Å²) in [6.07, 6.45) is 1.62. The molecule has 0 aliphatic rings. The highest BCUT2D eigenvalue weighted by atomic mass is 79.9. The molecule has 20 heavy (non-hydrogen) atoms. The quantitative estimate of drug-likeness (QED) is 0.684. The molecule has 2 aromatic rings. The SMILES string of the molecule is COc1cc(OC)c(C(Br)c2ccoc2Br)c(OC)c1. The van der Waals surface area contributed by atoms with Crippen molar-refractivity contribution in [3.63, 3.8) is 0 Å². The second-order valence-corrected chi connectivity index (χ2v) is 5.59. The van der Waals surface area contributed by atoms with E-state index in [0.717, 1.165) is 11.1 Å². The van der Waals surface area contributed by atoms with Crippen molar-refractivity contribution in [3.05, 3.63) is 40.3 Å². The smallest absolute Gasteiger partial charge is 0.173 e. The summed E-state index contributed by atoms with van der Waals surface area (Å²) in [6.45, 7) is 0. The summed E-state index contributed by atoms with van der Waals surface area (Å²) in [4.78, 5) is -0.133. The highest BCUT2D eigenvalue weighted by Crippen LogP contribution is 2.46. The Balaban J connectivity index is 2.57. The van der Waals surface area contributed by atoms with Gasteiger partial charge in [-0.05, 0) is 22.0 Å². The number of ether oxygens (including phenoxy) is 3. The molecule has 1 aromatic heterocycles. The highest BCUT2D eigenvalue weighted by Gasteiger charge is 2.24. The molecule has 0 spiro atoms. The molecule has 2 rings (SSSR count). The normalized spacial score (nSPS) is 12.1. The minimum absolute atomic E-state index is 0.133. The van der Waals surface area contributed by atoms with Crippen molar-refractivity contribution in [2.45, 2.75) is 4.83 Å². The lowest BCUT2D eigenvalue weighted by atomic mass is 10.0. The fourth-order valence-corrected chi connectivity index (χ4v) is 3.51. The van der Waals surface area contributed by atoms with E-state index in [2.05, 4.69) is 31.9 Å². The van der Waals surface area contributed by atoms with Gasteiger partial charge in [0.25, 0.3) is 0 Å². The molecule has 0 saturated heterocycles. The van der Waals surface area contributed by atoms with Gasteiger partial charge in [-0.1, -0.05) is 15.9 Å². The molecular formula is C14H14Br2O4. The summed E-state index contributed by atoms with van der Waals surface area (Å²) in [5.41, 5.74) is 1.82. The Kier molecular flexibility index (Phi) is 4.99. The fourth-order valence-electron chi connectivity index (χ4n) is 1.92. The molecule has 0 radical (unpaired) electrons. The number of furan rings is 1. The van der Waals surface area contributed by atoms with E-state index in [9.17, 15) is 0 Å². The molecular weight excluding hydrogens is 392 g/mol. The van der Waals surface area contributed by atoms with Gasteiger partial charge in [0.05, 0.1) is 38.0 Å². The summed E-state index contributed by atoms with van der Waals surface area (Å²) in [5.74, 6) is 2.03. The van der Waals surface area contributed by atoms with E-state index in [0.29, 0.717) is 21.9 Å². The maximum absolute atomic E-state index is 5.45. The Bertz CT molecular complexity index is 570. The molecule has 0 amide bonds. The van der Waals surface area contributed by atoms with Crippen LogP contribution < -0.4 is 14.2 Å². The predicted molar refractivity (Wildman–Crippen MR) is 83.3 cm³/mol. The van der Waals surface area contributed by atoms with Gasteiger partial charge in [-0.2, -0.15) is 0 Å². The van der Waals surface area contributed by atoms with E-state index in [1.54, 1.807) is 27.6 Å². The van der Waals surface area contributed by atoms with Crippen LogP contribution in [0.1, 0.15) is 16.0 Å². The van der Waals surface area contributed by atoms with Gasteiger partial charge in [0.1, 0.15) is 17.2 Å². The van der Waals surface area contributed by atoms with E-state index in [1.165, 1.54) is 0 Å². The monoisotopic (exact) mass is 404 g/mol. The maximum Gasteiger partial charge on any atom is 0.173 e. The Morgan fingerprint density at radius 1 is 1.05 bits per heavy atom. The number of halogens is 2. The molecule has 1 aromatic carbocycles. The summed E-state index contributed by atoms with van der Waals surface area (Å²) in [6, 6.07) is 5.52. The van der Waals surface area contributed by atoms with Crippen molar-refractivity contribution >= 4 is 31.9 Å². The van der Waals surface area contributed by atoms with Crippen molar-refractivity contribution < 1.29 is 18.6 Å². The number of hydrogen-bond acceptors (Lipinski definition) is 4. The zero-order valence-corrected chi connectivity index (χ0v) is 14.4. The van der Waals surface area contributed by atoms with Gasteiger partial charge in [-0.25, -0.2) is 0 Å². The fraction of sp³-hybridized carbons (Fsp3) is 0.286. The van der Waals surface area contributed by atoms with Crippen molar-refractivity contribution in [2.24, 2.45) is 0 Å². The van der Waals surface area contributed by atoms with Gasteiger partial charge in [0.15, 0.2) is 4.67 Å². The molecule has 0 aliphatic carbocycles. The number of hydrogen-bond donors (Lipinski definition) is 0. The van der Waals surface area contributed by atoms with E-state index in [4.69, 9.17) is 18.6 Å². The zero-order chi connectivity index (χ0) is 14.7. The van der Waals surface area contributed by atoms with Crippen LogP contribution in [0.15, 0.2) is 33.5 Å². The third-order valence-corrected chi connectivity index (χ3v) is 4.52. The van der Waals surface area contributed by atoms with Crippen LogP contribution in [0.5, 0.6) is 17.2 Å². The Hall–Kier alpha value is -1.14. The first-order chi connectivity index (χ1) is 9.62. The van der Waals surface area contributed by atoms with Gasteiger partial charge >= 0.3 is 0 Å². The van der Waals surface area contributed by atoms with Crippen LogP contribution in [0.25, 0.3) is 0 Å². The highest BCUT2D eigenvalue weighted by molar-refractivity contribution is 9.10. The van der Waals surface area contributed by atoms with Gasteiger partial charge in [-0.15, -0.1) is 0 Å². The van der Waals surface area contributed by atoms with E-state index < -0.39 is 0 Å². The number of methoxy groups -OCH3 is 3. The Labute approximate surface area is 134 Å². The molecule has 0 N–H and O–H groups in total. The predicted octanol–water partition coefficient (Wildman–Crippen LogP) is 4.55. The van der Waals surface area contributed by atoms with Crippen LogP contribution in [-0.2, 0) is 0 Å². The van der Waals surface area contributed by atoms with Crippen molar-refractivity contribution in [3.8, 4) is 17.2 Å². The molecule has 1 atom stereocenters. The number of benzene rings is 1. The Morgan fingerprint density at radius 3 is 2.05 bits per heavy atom. The standard InChI is InChI=1S/C14H14Br2O4/c1-17-8-6-10(18-2)12(11(7-8)19-3)13(15)9-4-5-20-14(9)16/h4-7,13H,1-3H3. The van der Waals surface area contributed by atoms with Crippen molar-refractivity contribution in [2.75, 3.05) is 21.3 Å². The van der Waals surface area contributed by atoms with Crippen molar-refractivity contribution in [1.29, 1.82) is 0 Å². The molecule has 0 fully saturated rings. The number of alkyl halides is 1. The third-order valence-electron chi connectivity index (χ3n) is 2.93. The molecule has 1 heterocycles. The molecule has 0 saturated carbocycles. The molecule has 6 heteroatoms. The topological polar surface area (TPSA) is 40.8 Å². The van der Waals surface area contributed by atoms with Crippen molar-refractivity contribution in [1.82, 2.24) is 0 Å². The largest absolute Gasteiger partial charge is 0.496 e. The van der Waals surface area contributed by atoms with Crippen LogP contribution >= 0.6 is 31.9 Å². The minimum atomic E-state index is -0.133. The van der Waals surface area contributed by atoms with E-state index in [1.807, 2.05) is 18.2 Å². The lowest BCUT2D eigenvalue weighted by Gasteiger charge is -2.18. The lowest BCUT2D eigenvalue weighted by Crippen LogP contribution is -2.01. The van der Waals surface area contributed by atoms with E-state index in [-0.39, 0.29) is 4.83 Å². The van der Waals surface area contributed by atoms with Crippen LogP contribution in [0, 0.1) is 0 Å². The molecule has 1 unspecified atom stereocenters. The average Bonchev–Trinajstić information content (AvgIpc) is 2.91. The zero-order valence-electron chi connectivity index (χ0n) is 11.3. The van der Waals surface area contributed by atoms with E-state index >= 15 is 0 Å². The van der Waals surface area contributed by atoms with Gasteiger partial charge in [-0.3, -0.25) is 0 Å². The van der Waals surface area contributed by atoms with Crippen LogP contribution in [0.4, 0.5) is 0 Å². The molecule has 4 nitrogen and oxygen atoms in total. The second kappa shape index (κ2) is 6.54. The molecule has 0 aliphatic heterocycles. The van der Waals surface area contributed by atoms with Crippen LogP contribution in [0.3, 0.4) is 0 Å². The van der Waals surface area contributed by atoms with Gasteiger partial charge < -0.3 is 18.6 Å². The molecule has 108 valence electrons. The lowest BCUT2D eigenvalue weighted by molar-refractivity contribution is 0.369.